The van der Waals surface area contributed by atoms with Gasteiger partial charge in [0.05, 0.1) is 35.7 Å². The first-order chi connectivity index (χ1) is 34.8. The maximum Gasteiger partial charge on any atom is 0.343 e. The van der Waals surface area contributed by atoms with E-state index in [4.69, 9.17) is 18.9 Å². The molecular weight excluding hydrogens is 895 g/mol. The van der Waals surface area contributed by atoms with Crippen molar-refractivity contribution in [3.05, 3.63) is 178 Å². The van der Waals surface area contributed by atoms with E-state index in [1.807, 2.05) is 0 Å². The number of esters is 2. The number of unbranched alkanes of at least 4 members (excludes halogenated alkanes) is 14. The summed E-state index contributed by atoms with van der Waals surface area (Å²) >= 11 is 0. The molecule has 0 unspecified atom stereocenters. The first kappa shape index (κ1) is 53.4. The van der Waals surface area contributed by atoms with Crippen LogP contribution in [0.25, 0.3) is 0 Å². The first-order valence-corrected chi connectivity index (χ1v) is 25.5. The maximum absolute atomic E-state index is 15.2. The normalized spacial score (nSPS) is 11.3. The molecule has 0 radical (unpaired) electrons. The zero-order chi connectivity index (χ0) is 49.9. The summed E-state index contributed by atoms with van der Waals surface area (Å²) in [5.41, 5.74) is 3.81. The van der Waals surface area contributed by atoms with Gasteiger partial charge >= 0.3 is 11.9 Å². The van der Waals surface area contributed by atoms with Crippen LogP contribution in [0.2, 0.25) is 0 Å². The monoisotopic (exact) mass is 963 g/mol. The lowest BCUT2D eigenvalue weighted by atomic mass is 10.0. The van der Waals surface area contributed by atoms with Crippen LogP contribution in [0, 0.1) is 11.6 Å². The highest BCUT2D eigenvalue weighted by Gasteiger charge is 2.12. The Hall–Kier alpha value is -6.94. The minimum Gasteiger partial charge on any atom is -0.494 e. The van der Waals surface area contributed by atoms with Gasteiger partial charge in [0.2, 0.25) is 0 Å². The standard InChI is InChI=1S/C61H68F2N2O6/c1-3-5-7-9-11-13-15-17-39-68-52-33-25-50(26-34-52)60(66)70-54-29-19-46(20-30-54)44-64-58-37-23-48(42-56(58)62)41-49-24-38-59(57(63)43-49)65-45-47-21-31-55(32-22-47)71-61(67)51-27-35-53(36-28-51)69-40-18-16-14-12-10-8-6-4-2/h19-38,42-45H,3-18,39-41H2,1-2H3. The molecule has 0 amide bonds. The van der Waals surface area contributed by atoms with Gasteiger partial charge in [-0.2, -0.15) is 0 Å². The SMILES string of the molecule is CCCCCCCCCCOc1ccc(C(=O)Oc2ccc(C=Nc3ccc(Cc4ccc(N=Cc5ccc(OC(=O)c6ccc(OCCCCCCCCCC)cc6)cc5)c(F)c4)cc3F)cc2)cc1. The molecule has 0 fully saturated rings. The summed E-state index contributed by atoms with van der Waals surface area (Å²) in [6.07, 6.45) is 23.2. The van der Waals surface area contributed by atoms with Gasteiger partial charge in [0.1, 0.15) is 34.6 Å². The van der Waals surface area contributed by atoms with Gasteiger partial charge in [0, 0.05) is 12.4 Å². The molecule has 6 rings (SSSR count). The fourth-order valence-electron chi connectivity index (χ4n) is 7.86. The molecule has 0 aliphatic heterocycles. The van der Waals surface area contributed by atoms with Crippen molar-refractivity contribution in [2.24, 2.45) is 9.98 Å². The largest absolute Gasteiger partial charge is 0.494 e. The van der Waals surface area contributed by atoms with Crippen molar-refractivity contribution in [2.45, 2.75) is 123 Å². The van der Waals surface area contributed by atoms with Gasteiger partial charge < -0.3 is 18.9 Å². The van der Waals surface area contributed by atoms with Gasteiger partial charge in [-0.05, 0) is 163 Å². The van der Waals surface area contributed by atoms with Crippen LogP contribution in [0.5, 0.6) is 23.0 Å². The first-order valence-electron chi connectivity index (χ1n) is 25.5. The fourth-order valence-corrected chi connectivity index (χ4v) is 7.86. The van der Waals surface area contributed by atoms with Crippen LogP contribution in [0.15, 0.2) is 143 Å². The lowest BCUT2D eigenvalue weighted by molar-refractivity contribution is 0.0725. The molecule has 0 aliphatic carbocycles. The molecule has 71 heavy (non-hydrogen) atoms. The van der Waals surface area contributed by atoms with Crippen molar-refractivity contribution in [3.63, 3.8) is 0 Å². The van der Waals surface area contributed by atoms with Crippen molar-refractivity contribution < 1.29 is 37.3 Å². The van der Waals surface area contributed by atoms with E-state index in [-0.39, 0.29) is 11.4 Å². The molecule has 6 aromatic rings. The van der Waals surface area contributed by atoms with E-state index in [1.54, 1.807) is 121 Å². The van der Waals surface area contributed by atoms with Gasteiger partial charge in [0.15, 0.2) is 0 Å². The summed E-state index contributed by atoms with van der Waals surface area (Å²) in [6, 6.07) is 36.9. The molecule has 0 aliphatic rings. The highest BCUT2D eigenvalue weighted by atomic mass is 19.1. The smallest absolute Gasteiger partial charge is 0.343 e. The third-order valence-electron chi connectivity index (χ3n) is 12.0. The molecule has 0 saturated heterocycles. The second-order valence-electron chi connectivity index (χ2n) is 17.9. The molecular formula is C61H68F2N2O6. The lowest BCUT2D eigenvalue weighted by Gasteiger charge is -2.08. The van der Waals surface area contributed by atoms with Crippen LogP contribution >= 0.6 is 0 Å². The Bertz CT molecular complexity index is 2410. The topological polar surface area (TPSA) is 95.8 Å². The van der Waals surface area contributed by atoms with E-state index < -0.39 is 23.6 Å². The van der Waals surface area contributed by atoms with Crippen LogP contribution in [0.4, 0.5) is 20.2 Å². The number of carbonyl (C=O) groups is 2. The molecule has 8 nitrogen and oxygen atoms in total. The zero-order valence-electron chi connectivity index (χ0n) is 41.4. The number of carbonyl (C=O) groups excluding carboxylic acids is 2. The van der Waals surface area contributed by atoms with Gasteiger partial charge in [-0.15, -0.1) is 0 Å². The molecule has 0 N–H and O–H groups in total. The minimum absolute atomic E-state index is 0.149. The number of hydrogen-bond donors (Lipinski definition) is 0. The van der Waals surface area contributed by atoms with Gasteiger partial charge in [-0.25, -0.2) is 18.4 Å². The Morgan fingerprint density at radius 2 is 0.761 bits per heavy atom. The number of benzene rings is 6. The van der Waals surface area contributed by atoms with E-state index >= 15 is 8.78 Å². The number of aliphatic imine (C=N–C) groups is 2. The van der Waals surface area contributed by atoms with Crippen LogP contribution in [-0.4, -0.2) is 37.6 Å². The van der Waals surface area contributed by atoms with Crippen molar-refractivity contribution in [1.29, 1.82) is 0 Å². The highest BCUT2D eigenvalue weighted by molar-refractivity contribution is 5.92. The van der Waals surface area contributed by atoms with E-state index in [0.717, 1.165) is 37.2 Å². The Kier molecular flexibility index (Phi) is 22.5. The van der Waals surface area contributed by atoms with E-state index in [1.165, 1.54) is 102 Å². The van der Waals surface area contributed by atoms with Crippen molar-refractivity contribution in [2.75, 3.05) is 13.2 Å². The zero-order valence-corrected chi connectivity index (χ0v) is 41.4. The van der Waals surface area contributed by atoms with Crippen molar-refractivity contribution >= 4 is 35.7 Å². The molecule has 372 valence electrons. The number of halogens is 2. The van der Waals surface area contributed by atoms with Crippen molar-refractivity contribution in [1.82, 2.24) is 0 Å². The quantitative estimate of drug-likeness (QED) is 0.0193. The molecule has 6 aromatic carbocycles. The molecule has 0 aromatic heterocycles. The summed E-state index contributed by atoms with van der Waals surface area (Å²) in [5, 5.41) is 0. The summed E-state index contributed by atoms with van der Waals surface area (Å²) in [6.45, 7) is 5.77. The van der Waals surface area contributed by atoms with Gasteiger partial charge in [0.25, 0.3) is 0 Å². The molecule has 0 bridgehead atoms. The summed E-state index contributed by atoms with van der Waals surface area (Å²) in [4.78, 5) is 34.2. The minimum atomic E-state index is -0.514. The third-order valence-corrected chi connectivity index (χ3v) is 12.0. The molecule has 0 saturated carbocycles. The van der Waals surface area contributed by atoms with Crippen LogP contribution in [0.3, 0.4) is 0 Å². The predicted octanol–water partition coefficient (Wildman–Crippen LogP) is 16.5. The van der Waals surface area contributed by atoms with Gasteiger partial charge in [-0.1, -0.05) is 116 Å². The van der Waals surface area contributed by atoms with Crippen LogP contribution in [0.1, 0.15) is 160 Å². The number of nitrogens with zero attached hydrogens (tertiary/aromatic N) is 2. The Morgan fingerprint density at radius 3 is 1.11 bits per heavy atom. The van der Waals surface area contributed by atoms with E-state index in [0.29, 0.717) is 64.5 Å². The van der Waals surface area contributed by atoms with Crippen LogP contribution in [-0.2, 0) is 6.42 Å². The van der Waals surface area contributed by atoms with Crippen LogP contribution < -0.4 is 18.9 Å². The van der Waals surface area contributed by atoms with E-state index in [9.17, 15) is 9.59 Å². The second-order valence-corrected chi connectivity index (χ2v) is 17.9. The molecule has 0 atom stereocenters. The summed E-state index contributed by atoms with van der Waals surface area (Å²) in [5.74, 6) is 0.189. The lowest BCUT2D eigenvalue weighted by Crippen LogP contribution is -2.08. The van der Waals surface area contributed by atoms with Gasteiger partial charge in [-0.3, -0.25) is 9.98 Å². The molecule has 10 heteroatoms. The Labute approximate surface area is 419 Å². The maximum atomic E-state index is 15.2. The Balaban J connectivity index is 0.896. The summed E-state index contributed by atoms with van der Waals surface area (Å²) < 4.78 is 53.2. The van der Waals surface area contributed by atoms with E-state index in [2.05, 4.69) is 23.8 Å². The number of ether oxygens (including phenoxy) is 4. The van der Waals surface area contributed by atoms with Crippen molar-refractivity contribution in [3.8, 4) is 23.0 Å². The number of hydrogen-bond acceptors (Lipinski definition) is 8. The summed E-state index contributed by atoms with van der Waals surface area (Å²) in [7, 11) is 0. The number of rotatable bonds is 30. The highest BCUT2D eigenvalue weighted by Crippen LogP contribution is 2.25. The molecule has 0 spiro atoms. The third kappa shape index (κ3) is 19.1. The Morgan fingerprint density at radius 1 is 0.423 bits per heavy atom. The average Bonchev–Trinajstić information content (AvgIpc) is 3.38. The second kappa shape index (κ2) is 29.9. The molecule has 0 heterocycles. The predicted molar refractivity (Wildman–Crippen MR) is 282 cm³/mol. The fraction of sp³-hybridized carbons (Fsp3) is 0.344. The average molecular weight is 963 g/mol.